The summed E-state index contributed by atoms with van der Waals surface area (Å²) in [5, 5.41) is 7.17. The summed E-state index contributed by atoms with van der Waals surface area (Å²) in [6.45, 7) is 5.74. The highest BCUT2D eigenvalue weighted by Gasteiger charge is 2.21. The number of carbonyl (C=O) groups excluding carboxylic acids is 1. The van der Waals surface area contributed by atoms with E-state index in [1.54, 1.807) is 6.20 Å². The van der Waals surface area contributed by atoms with Crippen molar-refractivity contribution in [3.8, 4) is 0 Å². The van der Waals surface area contributed by atoms with Crippen molar-refractivity contribution in [1.29, 1.82) is 0 Å². The van der Waals surface area contributed by atoms with Gasteiger partial charge >= 0.3 is 6.03 Å². The van der Waals surface area contributed by atoms with Crippen molar-refractivity contribution in [3.05, 3.63) is 48.3 Å². The molecule has 128 valence electrons. The molecule has 1 aromatic heterocycles. The Kier molecular flexibility index (Phi) is 5.48. The predicted molar refractivity (Wildman–Crippen MR) is 93.0 cm³/mol. The molecular weight excluding hydrogens is 304 g/mol. The molecule has 2 aromatic rings. The minimum absolute atomic E-state index is 0.0516. The molecule has 6 nitrogen and oxygen atoms in total. The van der Waals surface area contributed by atoms with Crippen LogP contribution in [0, 0.1) is 5.92 Å². The summed E-state index contributed by atoms with van der Waals surface area (Å²) in [6, 6.07) is 9.75. The molecule has 1 aliphatic rings. The Labute approximate surface area is 142 Å². The lowest BCUT2D eigenvalue weighted by atomic mass is 10.1. The van der Waals surface area contributed by atoms with E-state index < -0.39 is 0 Å². The zero-order valence-electron chi connectivity index (χ0n) is 14.0. The number of amides is 2. The first-order valence-corrected chi connectivity index (χ1v) is 8.44. The molecule has 1 saturated heterocycles. The van der Waals surface area contributed by atoms with Gasteiger partial charge in [-0.2, -0.15) is 5.10 Å². The van der Waals surface area contributed by atoms with Gasteiger partial charge in [-0.15, -0.1) is 0 Å². The van der Waals surface area contributed by atoms with E-state index in [0.717, 1.165) is 44.0 Å². The fraction of sp³-hybridized carbons (Fsp3) is 0.444. The molecule has 1 aliphatic heterocycles. The lowest BCUT2D eigenvalue weighted by molar-refractivity contribution is 0.171. The van der Waals surface area contributed by atoms with Gasteiger partial charge in [0, 0.05) is 43.7 Å². The normalized spacial score (nSPS) is 17.0. The van der Waals surface area contributed by atoms with Gasteiger partial charge in [-0.25, -0.2) is 4.79 Å². The Hall–Kier alpha value is -2.34. The number of nitrogens with one attached hydrogen (secondary N) is 1. The van der Waals surface area contributed by atoms with Gasteiger partial charge in [0.2, 0.25) is 0 Å². The van der Waals surface area contributed by atoms with Crippen molar-refractivity contribution in [2.24, 2.45) is 5.92 Å². The lowest BCUT2D eigenvalue weighted by Crippen LogP contribution is -2.38. The molecule has 0 saturated carbocycles. The third-order valence-electron chi connectivity index (χ3n) is 4.28. The third-order valence-corrected chi connectivity index (χ3v) is 4.28. The van der Waals surface area contributed by atoms with Crippen LogP contribution < -0.4 is 5.32 Å². The highest BCUT2D eigenvalue weighted by molar-refractivity contribution is 5.89. The molecule has 1 fully saturated rings. The first-order chi connectivity index (χ1) is 11.7. The number of carbonyl (C=O) groups is 1. The minimum Gasteiger partial charge on any atom is -0.381 e. The molecule has 0 aliphatic carbocycles. The monoisotopic (exact) mass is 328 g/mol. The molecular formula is C18H24N4O2. The fourth-order valence-corrected chi connectivity index (χ4v) is 2.87. The van der Waals surface area contributed by atoms with E-state index in [-0.39, 0.29) is 6.03 Å². The van der Waals surface area contributed by atoms with Gasteiger partial charge in [-0.3, -0.25) is 4.68 Å². The van der Waals surface area contributed by atoms with Crippen LogP contribution in [0.5, 0.6) is 0 Å². The van der Waals surface area contributed by atoms with Crippen molar-refractivity contribution in [2.75, 3.05) is 31.6 Å². The second kappa shape index (κ2) is 7.97. The average molecular weight is 328 g/mol. The number of urea groups is 1. The molecule has 6 heteroatoms. The number of ether oxygens (including phenoxy) is 1. The van der Waals surface area contributed by atoms with Gasteiger partial charge in [0.05, 0.1) is 13.2 Å². The van der Waals surface area contributed by atoms with E-state index in [2.05, 4.69) is 10.4 Å². The number of benzene rings is 1. The van der Waals surface area contributed by atoms with Crippen molar-refractivity contribution in [1.82, 2.24) is 14.7 Å². The van der Waals surface area contributed by atoms with Crippen LogP contribution in [0.3, 0.4) is 0 Å². The van der Waals surface area contributed by atoms with Crippen LogP contribution in [-0.4, -0.2) is 47.0 Å². The summed E-state index contributed by atoms with van der Waals surface area (Å²) >= 11 is 0. The van der Waals surface area contributed by atoms with E-state index in [4.69, 9.17) is 4.74 Å². The predicted octanol–water partition coefficient (Wildman–Crippen LogP) is 2.82. The average Bonchev–Trinajstić information content (AvgIpc) is 3.28. The van der Waals surface area contributed by atoms with Gasteiger partial charge in [-0.05, 0) is 37.1 Å². The summed E-state index contributed by atoms with van der Waals surface area (Å²) in [6.07, 6.45) is 4.73. The summed E-state index contributed by atoms with van der Waals surface area (Å²) in [7, 11) is 0. The zero-order chi connectivity index (χ0) is 16.8. The topological polar surface area (TPSA) is 59.4 Å². The molecule has 2 amide bonds. The van der Waals surface area contributed by atoms with Gasteiger partial charge in [0.15, 0.2) is 0 Å². The van der Waals surface area contributed by atoms with E-state index >= 15 is 0 Å². The number of hydrogen-bond acceptors (Lipinski definition) is 3. The van der Waals surface area contributed by atoms with Crippen LogP contribution in [0.2, 0.25) is 0 Å². The van der Waals surface area contributed by atoms with Crippen molar-refractivity contribution in [3.63, 3.8) is 0 Å². The molecule has 24 heavy (non-hydrogen) atoms. The maximum Gasteiger partial charge on any atom is 0.321 e. The Balaban J connectivity index is 1.54. The van der Waals surface area contributed by atoms with E-state index in [1.165, 1.54) is 0 Å². The van der Waals surface area contributed by atoms with E-state index in [9.17, 15) is 4.79 Å². The van der Waals surface area contributed by atoms with Gasteiger partial charge in [0.1, 0.15) is 0 Å². The van der Waals surface area contributed by atoms with Crippen LogP contribution in [0.1, 0.15) is 18.9 Å². The second-order valence-corrected chi connectivity index (χ2v) is 6.10. The number of aromatic nitrogens is 2. The van der Waals surface area contributed by atoms with Crippen LogP contribution in [0.25, 0.3) is 0 Å². The van der Waals surface area contributed by atoms with Crippen LogP contribution in [0.4, 0.5) is 10.5 Å². The molecule has 1 N–H and O–H groups in total. The smallest absolute Gasteiger partial charge is 0.321 e. The number of hydrogen-bond donors (Lipinski definition) is 1. The van der Waals surface area contributed by atoms with Gasteiger partial charge in [0.25, 0.3) is 0 Å². The molecule has 3 rings (SSSR count). The van der Waals surface area contributed by atoms with Crippen molar-refractivity contribution >= 4 is 11.7 Å². The lowest BCUT2D eigenvalue weighted by Gasteiger charge is -2.24. The maximum atomic E-state index is 12.4. The van der Waals surface area contributed by atoms with E-state index in [1.807, 2.05) is 53.0 Å². The SMILES string of the molecule is CCN(C[C@H]1CCOC1)C(=O)Nc1ccc(Cn2cccn2)cc1. The van der Waals surface area contributed by atoms with Gasteiger partial charge < -0.3 is 15.0 Å². The van der Waals surface area contributed by atoms with Crippen LogP contribution in [-0.2, 0) is 11.3 Å². The Morgan fingerprint density at radius 1 is 1.42 bits per heavy atom. The van der Waals surface area contributed by atoms with Crippen molar-refractivity contribution < 1.29 is 9.53 Å². The molecule has 2 heterocycles. The fourth-order valence-electron chi connectivity index (χ4n) is 2.87. The zero-order valence-corrected chi connectivity index (χ0v) is 14.0. The summed E-state index contributed by atoms with van der Waals surface area (Å²) in [4.78, 5) is 14.3. The summed E-state index contributed by atoms with van der Waals surface area (Å²) < 4.78 is 7.26. The number of rotatable bonds is 6. The standard InChI is InChI=1S/C18H24N4O2/c1-2-21(12-16-8-11-24-14-16)18(23)20-17-6-4-15(5-7-17)13-22-10-3-9-19-22/h3-7,9-10,16H,2,8,11-14H2,1H3,(H,20,23)/t16-/m1/s1. The molecule has 0 unspecified atom stereocenters. The molecule has 0 spiro atoms. The highest BCUT2D eigenvalue weighted by Crippen LogP contribution is 2.16. The molecule has 0 radical (unpaired) electrons. The summed E-state index contributed by atoms with van der Waals surface area (Å²) in [5.74, 6) is 0.451. The highest BCUT2D eigenvalue weighted by atomic mass is 16.5. The quantitative estimate of drug-likeness (QED) is 0.887. The largest absolute Gasteiger partial charge is 0.381 e. The maximum absolute atomic E-state index is 12.4. The molecule has 1 atom stereocenters. The first-order valence-electron chi connectivity index (χ1n) is 8.44. The second-order valence-electron chi connectivity index (χ2n) is 6.10. The summed E-state index contributed by atoms with van der Waals surface area (Å²) in [5.41, 5.74) is 1.96. The van der Waals surface area contributed by atoms with E-state index in [0.29, 0.717) is 12.5 Å². The van der Waals surface area contributed by atoms with Gasteiger partial charge in [-0.1, -0.05) is 12.1 Å². The Morgan fingerprint density at radius 3 is 2.88 bits per heavy atom. The number of nitrogens with zero attached hydrogens (tertiary/aromatic N) is 3. The Morgan fingerprint density at radius 2 is 2.25 bits per heavy atom. The third kappa shape index (κ3) is 4.35. The number of anilines is 1. The molecule has 1 aromatic carbocycles. The molecule has 0 bridgehead atoms. The van der Waals surface area contributed by atoms with Crippen molar-refractivity contribution in [2.45, 2.75) is 19.9 Å². The van der Waals surface area contributed by atoms with Crippen LogP contribution >= 0.6 is 0 Å². The Bertz CT molecular complexity index is 634. The van der Waals surface area contributed by atoms with Crippen LogP contribution in [0.15, 0.2) is 42.7 Å². The first kappa shape index (κ1) is 16.5. The minimum atomic E-state index is -0.0516.